The third kappa shape index (κ3) is 3.58. The van der Waals surface area contributed by atoms with Crippen molar-refractivity contribution in [2.75, 3.05) is 5.32 Å². The van der Waals surface area contributed by atoms with Gasteiger partial charge in [0.1, 0.15) is 5.56 Å². The van der Waals surface area contributed by atoms with Crippen LogP contribution < -0.4 is 5.32 Å². The molecule has 0 bridgehead atoms. The molecule has 0 fully saturated rings. The first kappa shape index (κ1) is 15.0. The van der Waals surface area contributed by atoms with Gasteiger partial charge in [-0.1, -0.05) is 18.2 Å². The molecule has 0 aliphatic carbocycles. The number of nitrogens with zero attached hydrogens (tertiary/aromatic N) is 1. The number of aryl methyl sites for hydroxylation is 1. The number of benzene rings is 2. The Bertz CT molecular complexity index is 701. The fourth-order valence-corrected chi connectivity index (χ4v) is 2.09. The average molecular weight is 305 g/mol. The monoisotopic (exact) mass is 304 g/mol. The lowest BCUT2D eigenvalue weighted by Gasteiger charge is -2.07. The number of anilines is 1. The lowest BCUT2D eigenvalue weighted by Crippen LogP contribution is -2.14. The van der Waals surface area contributed by atoms with E-state index in [-0.39, 0.29) is 11.3 Å². The van der Waals surface area contributed by atoms with Gasteiger partial charge in [-0.3, -0.25) is 14.9 Å². The van der Waals surface area contributed by atoms with Gasteiger partial charge < -0.3 is 5.32 Å². The third-order valence-corrected chi connectivity index (χ3v) is 3.24. The quantitative estimate of drug-likeness (QED) is 0.529. The predicted octanol–water partition coefficient (Wildman–Crippen LogP) is 3.89. The molecule has 2 aromatic rings. The standard InChI is InChI=1S/C15H13ClN2O3/c1-10-5-6-14(18(20)21)13(7-10)15(19)17-12-4-2-3-11(8-12)9-16/h2-8H,9H2,1H3,(H,17,19). The molecule has 1 N–H and O–H groups in total. The number of hydrogen-bond acceptors (Lipinski definition) is 3. The van der Waals surface area contributed by atoms with Crippen molar-refractivity contribution in [1.29, 1.82) is 0 Å². The van der Waals surface area contributed by atoms with E-state index in [9.17, 15) is 14.9 Å². The molecule has 0 atom stereocenters. The summed E-state index contributed by atoms with van der Waals surface area (Å²) < 4.78 is 0. The van der Waals surface area contributed by atoms with Crippen LogP contribution in [0.15, 0.2) is 42.5 Å². The van der Waals surface area contributed by atoms with Gasteiger partial charge in [-0.05, 0) is 36.2 Å². The van der Waals surface area contributed by atoms with Crippen molar-refractivity contribution in [3.8, 4) is 0 Å². The first-order valence-electron chi connectivity index (χ1n) is 6.22. The van der Waals surface area contributed by atoms with E-state index in [4.69, 9.17) is 11.6 Å². The molecule has 0 aliphatic heterocycles. The summed E-state index contributed by atoms with van der Waals surface area (Å²) in [7, 11) is 0. The summed E-state index contributed by atoms with van der Waals surface area (Å²) in [6.07, 6.45) is 0. The van der Waals surface area contributed by atoms with Crippen molar-refractivity contribution >= 4 is 28.9 Å². The van der Waals surface area contributed by atoms with E-state index in [2.05, 4.69) is 5.32 Å². The number of alkyl halides is 1. The minimum absolute atomic E-state index is 0.0382. The molecule has 0 unspecified atom stereocenters. The maximum Gasteiger partial charge on any atom is 0.282 e. The fourth-order valence-electron chi connectivity index (χ4n) is 1.92. The Labute approximate surface area is 126 Å². The van der Waals surface area contributed by atoms with Crippen molar-refractivity contribution in [3.63, 3.8) is 0 Å². The summed E-state index contributed by atoms with van der Waals surface area (Å²) in [4.78, 5) is 22.7. The summed E-state index contributed by atoms with van der Waals surface area (Å²) in [5, 5.41) is 13.7. The molecular formula is C15H13ClN2O3. The Morgan fingerprint density at radius 3 is 2.71 bits per heavy atom. The molecule has 2 aromatic carbocycles. The number of halogens is 1. The maximum absolute atomic E-state index is 12.2. The molecule has 0 radical (unpaired) electrons. The lowest BCUT2D eigenvalue weighted by atomic mass is 10.1. The predicted molar refractivity (Wildman–Crippen MR) is 81.8 cm³/mol. The molecule has 0 saturated heterocycles. The Balaban J connectivity index is 2.31. The Hall–Kier alpha value is -2.40. The second-order valence-electron chi connectivity index (χ2n) is 4.57. The van der Waals surface area contributed by atoms with Gasteiger partial charge in [-0.15, -0.1) is 11.6 Å². The van der Waals surface area contributed by atoms with E-state index in [1.165, 1.54) is 12.1 Å². The van der Waals surface area contributed by atoms with Crippen molar-refractivity contribution in [2.45, 2.75) is 12.8 Å². The lowest BCUT2D eigenvalue weighted by molar-refractivity contribution is -0.385. The number of carbonyl (C=O) groups is 1. The zero-order valence-corrected chi connectivity index (χ0v) is 12.1. The van der Waals surface area contributed by atoms with Gasteiger partial charge in [-0.2, -0.15) is 0 Å². The normalized spacial score (nSPS) is 10.2. The molecule has 5 nitrogen and oxygen atoms in total. The minimum Gasteiger partial charge on any atom is -0.322 e. The molecule has 21 heavy (non-hydrogen) atoms. The van der Waals surface area contributed by atoms with E-state index in [0.717, 1.165) is 11.1 Å². The first-order chi connectivity index (χ1) is 10.0. The van der Waals surface area contributed by atoms with Crippen LogP contribution in [-0.2, 0) is 5.88 Å². The van der Waals surface area contributed by atoms with E-state index in [0.29, 0.717) is 11.6 Å². The number of nitrogens with one attached hydrogen (secondary N) is 1. The van der Waals surface area contributed by atoms with E-state index in [1.54, 1.807) is 31.2 Å². The van der Waals surface area contributed by atoms with Crippen molar-refractivity contribution in [1.82, 2.24) is 0 Å². The van der Waals surface area contributed by atoms with Gasteiger partial charge in [0.05, 0.1) is 4.92 Å². The van der Waals surface area contributed by atoms with Crippen molar-refractivity contribution in [3.05, 3.63) is 69.3 Å². The molecule has 1 amide bonds. The Morgan fingerprint density at radius 2 is 2.05 bits per heavy atom. The molecular weight excluding hydrogens is 292 g/mol. The molecule has 6 heteroatoms. The van der Waals surface area contributed by atoms with Gasteiger partial charge in [-0.25, -0.2) is 0 Å². The number of amides is 1. The molecule has 0 saturated carbocycles. The molecule has 108 valence electrons. The van der Waals surface area contributed by atoms with Crippen LogP contribution in [0.3, 0.4) is 0 Å². The number of hydrogen-bond donors (Lipinski definition) is 1. The topological polar surface area (TPSA) is 72.2 Å². The number of rotatable bonds is 4. The molecule has 0 aromatic heterocycles. The highest BCUT2D eigenvalue weighted by molar-refractivity contribution is 6.17. The van der Waals surface area contributed by atoms with Crippen molar-refractivity contribution < 1.29 is 9.72 Å². The highest BCUT2D eigenvalue weighted by Gasteiger charge is 2.20. The van der Waals surface area contributed by atoms with Crippen LogP contribution in [0.5, 0.6) is 0 Å². The van der Waals surface area contributed by atoms with Crippen LogP contribution in [0, 0.1) is 17.0 Å². The van der Waals surface area contributed by atoms with Crippen LogP contribution in [0.4, 0.5) is 11.4 Å². The zero-order chi connectivity index (χ0) is 15.4. The Morgan fingerprint density at radius 1 is 1.29 bits per heavy atom. The van der Waals surface area contributed by atoms with Crippen LogP contribution in [0.1, 0.15) is 21.5 Å². The summed E-state index contributed by atoms with van der Waals surface area (Å²) in [6, 6.07) is 11.5. The van der Waals surface area contributed by atoms with Crippen LogP contribution >= 0.6 is 11.6 Å². The van der Waals surface area contributed by atoms with E-state index < -0.39 is 10.8 Å². The average Bonchev–Trinajstić information content (AvgIpc) is 2.47. The fraction of sp³-hybridized carbons (Fsp3) is 0.133. The number of nitro benzene ring substituents is 1. The first-order valence-corrected chi connectivity index (χ1v) is 6.76. The SMILES string of the molecule is Cc1ccc([N+](=O)[O-])c(C(=O)Nc2cccc(CCl)c2)c1. The minimum atomic E-state index is -0.566. The van der Waals surface area contributed by atoms with Gasteiger partial charge in [0.25, 0.3) is 11.6 Å². The molecule has 0 aliphatic rings. The summed E-state index contributed by atoms with van der Waals surface area (Å²) in [5.74, 6) is -0.189. The third-order valence-electron chi connectivity index (χ3n) is 2.93. The van der Waals surface area contributed by atoms with Crippen LogP contribution in [0.2, 0.25) is 0 Å². The van der Waals surface area contributed by atoms with Crippen LogP contribution in [0.25, 0.3) is 0 Å². The number of carbonyl (C=O) groups excluding carboxylic acids is 1. The summed E-state index contributed by atoms with van der Waals surface area (Å²) >= 11 is 5.74. The molecule has 2 rings (SSSR count). The maximum atomic E-state index is 12.2. The van der Waals surface area contributed by atoms with Crippen molar-refractivity contribution in [2.24, 2.45) is 0 Å². The highest BCUT2D eigenvalue weighted by Crippen LogP contribution is 2.21. The largest absolute Gasteiger partial charge is 0.322 e. The summed E-state index contributed by atoms with van der Waals surface area (Å²) in [6.45, 7) is 1.77. The highest BCUT2D eigenvalue weighted by atomic mass is 35.5. The van der Waals surface area contributed by atoms with Gasteiger partial charge in [0.2, 0.25) is 0 Å². The summed E-state index contributed by atoms with van der Waals surface area (Å²) in [5.41, 5.74) is 2.00. The van der Waals surface area contributed by atoms with Gasteiger partial charge in [0.15, 0.2) is 0 Å². The molecule has 0 heterocycles. The van der Waals surface area contributed by atoms with Crippen LogP contribution in [-0.4, -0.2) is 10.8 Å². The molecule has 0 spiro atoms. The van der Waals surface area contributed by atoms with E-state index in [1.807, 2.05) is 6.07 Å². The Kier molecular flexibility index (Phi) is 4.55. The van der Waals surface area contributed by atoms with E-state index >= 15 is 0 Å². The zero-order valence-electron chi connectivity index (χ0n) is 11.3. The van der Waals surface area contributed by atoms with Gasteiger partial charge in [0, 0.05) is 17.6 Å². The second-order valence-corrected chi connectivity index (χ2v) is 4.83. The smallest absolute Gasteiger partial charge is 0.282 e. The second kappa shape index (κ2) is 6.37. The number of nitro groups is 1. The van der Waals surface area contributed by atoms with Gasteiger partial charge >= 0.3 is 0 Å².